The lowest BCUT2D eigenvalue weighted by molar-refractivity contribution is 0.0950. The van der Waals surface area contributed by atoms with Gasteiger partial charge in [-0.05, 0) is 48.7 Å². The van der Waals surface area contributed by atoms with Gasteiger partial charge < -0.3 is 5.32 Å². The molecule has 0 fully saturated rings. The van der Waals surface area contributed by atoms with E-state index in [2.05, 4.69) is 5.32 Å². The number of hydrogen-bond donors (Lipinski definition) is 1. The number of benzene rings is 2. The Morgan fingerprint density at radius 3 is 2.53 bits per heavy atom. The summed E-state index contributed by atoms with van der Waals surface area (Å²) in [4.78, 5) is 12.0. The average Bonchev–Trinajstić information content (AvgIpc) is 2.40. The van der Waals surface area contributed by atoms with Gasteiger partial charge in [-0.1, -0.05) is 24.3 Å². The molecule has 0 aromatic heterocycles. The first-order valence-electron chi connectivity index (χ1n) is 6.17. The van der Waals surface area contributed by atoms with E-state index in [9.17, 15) is 9.18 Å². The van der Waals surface area contributed by atoms with Crippen LogP contribution in [0.2, 0.25) is 0 Å². The summed E-state index contributed by atoms with van der Waals surface area (Å²) < 4.78 is 13.1. The van der Waals surface area contributed by atoms with E-state index in [0.29, 0.717) is 17.7 Å². The number of nitrogens with one attached hydrogen (secondary N) is 1. The van der Waals surface area contributed by atoms with Gasteiger partial charge in [0.2, 0.25) is 0 Å². The van der Waals surface area contributed by atoms with E-state index in [4.69, 9.17) is 0 Å². The molecule has 0 saturated carbocycles. The van der Waals surface area contributed by atoms with Crippen LogP contribution in [0.4, 0.5) is 4.39 Å². The molecule has 1 N–H and O–H groups in total. The van der Waals surface area contributed by atoms with Crippen molar-refractivity contribution in [1.82, 2.24) is 5.32 Å². The molecule has 0 unspecified atom stereocenters. The zero-order valence-corrected chi connectivity index (χ0v) is 11.0. The van der Waals surface area contributed by atoms with Crippen molar-refractivity contribution in [2.24, 2.45) is 0 Å². The highest BCUT2D eigenvalue weighted by Gasteiger charge is 2.07. The molecule has 2 aromatic rings. The molecule has 19 heavy (non-hydrogen) atoms. The summed E-state index contributed by atoms with van der Waals surface area (Å²) in [5.41, 5.74) is 3.17. The van der Waals surface area contributed by atoms with Crippen LogP contribution < -0.4 is 5.32 Å². The number of rotatable bonds is 3. The molecular weight excluding hydrogens is 241 g/mol. The highest BCUT2D eigenvalue weighted by atomic mass is 19.1. The molecule has 0 radical (unpaired) electrons. The molecule has 2 nitrogen and oxygen atoms in total. The number of carbonyl (C=O) groups excluding carboxylic acids is 1. The molecular formula is C16H16FNO. The zero-order valence-electron chi connectivity index (χ0n) is 11.0. The molecule has 2 aromatic carbocycles. The van der Waals surface area contributed by atoms with Crippen LogP contribution in [-0.4, -0.2) is 5.91 Å². The van der Waals surface area contributed by atoms with Gasteiger partial charge in [-0.2, -0.15) is 0 Å². The van der Waals surface area contributed by atoms with Crippen LogP contribution >= 0.6 is 0 Å². The van der Waals surface area contributed by atoms with Crippen molar-refractivity contribution in [3.8, 4) is 0 Å². The Kier molecular flexibility index (Phi) is 3.95. The van der Waals surface area contributed by atoms with Gasteiger partial charge in [0.05, 0.1) is 0 Å². The first-order valence-corrected chi connectivity index (χ1v) is 6.17. The molecule has 0 saturated heterocycles. The van der Waals surface area contributed by atoms with E-state index in [-0.39, 0.29) is 11.7 Å². The molecule has 0 spiro atoms. The Balaban J connectivity index is 2.05. The summed E-state index contributed by atoms with van der Waals surface area (Å²) in [5.74, 6) is -0.484. The van der Waals surface area contributed by atoms with E-state index in [1.165, 1.54) is 12.1 Å². The van der Waals surface area contributed by atoms with E-state index in [0.717, 1.165) is 11.1 Å². The van der Waals surface area contributed by atoms with E-state index >= 15 is 0 Å². The summed E-state index contributed by atoms with van der Waals surface area (Å²) in [6, 6.07) is 12.3. The third-order valence-corrected chi connectivity index (χ3v) is 3.12. The van der Waals surface area contributed by atoms with Crippen molar-refractivity contribution >= 4 is 5.91 Å². The summed E-state index contributed by atoms with van der Waals surface area (Å²) in [5, 5.41) is 2.84. The molecule has 0 bridgehead atoms. The smallest absolute Gasteiger partial charge is 0.251 e. The maximum absolute atomic E-state index is 13.1. The summed E-state index contributed by atoms with van der Waals surface area (Å²) in [6.45, 7) is 4.12. The Hall–Kier alpha value is -2.16. The fourth-order valence-corrected chi connectivity index (χ4v) is 1.87. The van der Waals surface area contributed by atoms with Crippen molar-refractivity contribution in [1.29, 1.82) is 0 Å². The molecule has 98 valence electrons. The minimum absolute atomic E-state index is 0.189. The van der Waals surface area contributed by atoms with Gasteiger partial charge in [0.25, 0.3) is 5.91 Å². The molecule has 3 heteroatoms. The third kappa shape index (κ3) is 3.19. The van der Waals surface area contributed by atoms with Crippen LogP contribution in [0.5, 0.6) is 0 Å². The monoisotopic (exact) mass is 257 g/mol. The van der Waals surface area contributed by atoms with Crippen molar-refractivity contribution in [2.45, 2.75) is 20.4 Å². The fourth-order valence-electron chi connectivity index (χ4n) is 1.87. The van der Waals surface area contributed by atoms with Gasteiger partial charge in [0.15, 0.2) is 0 Å². The van der Waals surface area contributed by atoms with Crippen LogP contribution in [0, 0.1) is 19.7 Å². The quantitative estimate of drug-likeness (QED) is 0.897. The second-order valence-electron chi connectivity index (χ2n) is 4.57. The Morgan fingerprint density at radius 2 is 1.84 bits per heavy atom. The third-order valence-electron chi connectivity index (χ3n) is 3.12. The Labute approximate surface area is 112 Å². The number of carbonyl (C=O) groups is 1. The summed E-state index contributed by atoms with van der Waals surface area (Å²) >= 11 is 0. The van der Waals surface area contributed by atoms with Crippen LogP contribution in [0.15, 0.2) is 42.5 Å². The second kappa shape index (κ2) is 5.65. The van der Waals surface area contributed by atoms with Crippen molar-refractivity contribution in [3.63, 3.8) is 0 Å². The van der Waals surface area contributed by atoms with Crippen LogP contribution in [0.3, 0.4) is 0 Å². The molecule has 0 aliphatic carbocycles. The lowest BCUT2D eigenvalue weighted by Gasteiger charge is -2.08. The number of halogens is 1. The zero-order chi connectivity index (χ0) is 13.8. The maximum Gasteiger partial charge on any atom is 0.251 e. The maximum atomic E-state index is 13.1. The van der Waals surface area contributed by atoms with E-state index in [1.54, 1.807) is 13.0 Å². The lowest BCUT2D eigenvalue weighted by Crippen LogP contribution is -2.23. The van der Waals surface area contributed by atoms with Gasteiger partial charge in [0, 0.05) is 12.1 Å². The van der Waals surface area contributed by atoms with Crippen molar-refractivity contribution in [3.05, 3.63) is 70.5 Å². The molecule has 0 atom stereocenters. The Morgan fingerprint density at radius 1 is 1.11 bits per heavy atom. The first-order chi connectivity index (χ1) is 9.08. The van der Waals surface area contributed by atoms with Crippen LogP contribution in [-0.2, 0) is 6.54 Å². The SMILES string of the molecule is Cc1cc(C(=O)NCc2ccccc2C)ccc1F. The Bertz CT molecular complexity index is 607. The summed E-state index contributed by atoms with van der Waals surface area (Å²) in [7, 11) is 0. The van der Waals surface area contributed by atoms with Gasteiger partial charge in [-0.3, -0.25) is 4.79 Å². The molecule has 1 amide bonds. The number of hydrogen-bond acceptors (Lipinski definition) is 1. The summed E-state index contributed by atoms with van der Waals surface area (Å²) in [6.07, 6.45) is 0. The molecule has 0 aliphatic rings. The largest absolute Gasteiger partial charge is 0.348 e. The predicted octanol–water partition coefficient (Wildman–Crippen LogP) is 3.37. The fraction of sp³-hybridized carbons (Fsp3) is 0.188. The first kappa shape index (κ1) is 13.3. The number of amides is 1. The van der Waals surface area contributed by atoms with Crippen LogP contribution in [0.25, 0.3) is 0 Å². The second-order valence-corrected chi connectivity index (χ2v) is 4.57. The average molecular weight is 257 g/mol. The van der Waals surface area contributed by atoms with Gasteiger partial charge in [-0.15, -0.1) is 0 Å². The van der Waals surface area contributed by atoms with Crippen molar-refractivity contribution < 1.29 is 9.18 Å². The van der Waals surface area contributed by atoms with E-state index < -0.39 is 0 Å². The van der Waals surface area contributed by atoms with Gasteiger partial charge in [0.1, 0.15) is 5.82 Å². The van der Waals surface area contributed by atoms with E-state index in [1.807, 2.05) is 31.2 Å². The molecule has 2 rings (SSSR count). The predicted molar refractivity (Wildman–Crippen MR) is 73.5 cm³/mol. The number of aryl methyl sites for hydroxylation is 2. The lowest BCUT2D eigenvalue weighted by atomic mass is 10.1. The molecule has 0 aliphatic heterocycles. The minimum Gasteiger partial charge on any atom is -0.348 e. The van der Waals surface area contributed by atoms with Gasteiger partial charge in [-0.25, -0.2) is 4.39 Å². The van der Waals surface area contributed by atoms with Crippen molar-refractivity contribution in [2.75, 3.05) is 0 Å². The highest BCUT2D eigenvalue weighted by Crippen LogP contribution is 2.10. The topological polar surface area (TPSA) is 29.1 Å². The highest BCUT2D eigenvalue weighted by molar-refractivity contribution is 5.94. The minimum atomic E-state index is -0.296. The van der Waals surface area contributed by atoms with Gasteiger partial charge >= 0.3 is 0 Å². The normalized spacial score (nSPS) is 10.3. The van der Waals surface area contributed by atoms with Crippen LogP contribution in [0.1, 0.15) is 27.0 Å². The molecule has 0 heterocycles. The standard InChI is InChI=1S/C16H16FNO/c1-11-5-3-4-6-14(11)10-18-16(19)13-7-8-15(17)12(2)9-13/h3-9H,10H2,1-2H3,(H,18,19).